The molecule has 2 aromatic rings. The maximum Gasteiger partial charge on any atom is 0.270 e. The predicted octanol–water partition coefficient (Wildman–Crippen LogP) is 1.64. The average molecular weight is 344 g/mol. The van der Waals surface area contributed by atoms with E-state index in [2.05, 4.69) is 4.98 Å². The number of likely N-dealkylation sites (tertiary alicyclic amines) is 1. The summed E-state index contributed by atoms with van der Waals surface area (Å²) >= 11 is 0. The summed E-state index contributed by atoms with van der Waals surface area (Å²) in [5.74, 6) is -0.309. The van der Waals surface area contributed by atoms with E-state index in [9.17, 15) is 19.7 Å². The maximum absolute atomic E-state index is 13.0. The van der Waals surface area contributed by atoms with Crippen LogP contribution in [0, 0.1) is 15.5 Å². The Balaban J connectivity index is 2.08. The molecule has 0 radical (unpaired) electrons. The van der Waals surface area contributed by atoms with Gasteiger partial charge in [-0.1, -0.05) is 13.8 Å². The number of carbonyl (C=O) groups is 1. The highest BCUT2D eigenvalue weighted by Crippen LogP contribution is 2.30. The van der Waals surface area contributed by atoms with Crippen molar-refractivity contribution in [1.82, 2.24) is 9.88 Å². The number of fused-ring (bicyclic) bond motifs is 1. The Labute approximate surface area is 143 Å². The first-order valence-electron chi connectivity index (χ1n) is 8.05. The van der Waals surface area contributed by atoms with Gasteiger partial charge in [0.25, 0.3) is 11.6 Å². The average Bonchev–Trinajstić information content (AvgIpc) is 2.55. The summed E-state index contributed by atoms with van der Waals surface area (Å²) in [6, 6.07) is 5.26. The third kappa shape index (κ3) is 3.12. The molecule has 3 rings (SSSR count). The predicted molar refractivity (Wildman–Crippen MR) is 93.5 cm³/mol. The van der Waals surface area contributed by atoms with E-state index in [1.54, 1.807) is 4.90 Å². The second-order valence-corrected chi connectivity index (χ2v) is 7.14. The van der Waals surface area contributed by atoms with Gasteiger partial charge in [0.05, 0.1) is 10.5 Å². The number of pyridine rings is 1. The number of aromatic nitrogens is 1. The SMILES string of the molecule is CC1(C)CN(C(=O)c2cc(=O)[nH]c3ccc([N+](=O)[O-])cc23)CCC1N. The van der Waals surface area contributed by atoms with Gasteiger partial charge in [0.1, 0.15) is 0 Å². The molecule has 1 unspecified atom stereocenters. The van der Waals surface area contributed by atoms with E-state index in [0.717, 1.165) is 0 Å². The highest BCUT2D eigenvalue weighted by atomic mass is 16.6. The van der Waals surface area contributed by atoms with E-state index in [-0.39, 0.29) is 28.6 Å². The van der Waals surface area contributed by atoms with Crippen LogP contribution in [0.15, 0.2) is 29.1 Å². The fraction of sp³-hybridized carbons (Fsp3) is 0.412. The minimum absolute atomic E-state index is 0.00597. The van der Waals surface area contributed by atoms with E-state index >= 15 is 0 Å². The molecule has 1 aromatic heterocycles. The molecular formula is C17H20N4O4. The van der Waals surface area contributed by atoms with Crippen molar-refractivity contribution in [2.24, 2.45) is 11.1 Å². The van der Waals surface area contributed by atoms with Crippen LogP contribution in [0.25, 0.3) is 10.9 Å². The van der Waals surface area contributed by atoms with Gasteiger partial charge >= 0.3 is 0 Å². The minimum atomic E-state index is -0.526. The molecule has 1 atom stereocenters. The van der Waals surface area contributed by atoms with Gasteiger partial charge in [-0.2, -0.15) is 0 Å². The zero-order chi connectivity index (χ0) is 18.4. The number of rotatable bonds is 2. The van der Waals surface area contributed by atoms with Crippen LogP contribution in [-0.2, 0) is 0 Å². The van der Waals surface area contributed by atoms with E-state index in [1.807, 2.05) is 13.8 Å². The van der Waals surface area contributed by atoms with Gasteiger partial charge in [-0.3, -0.25) is 19.7 Å². The lowest BCUT2D eigenvalue weighted by molar-refractivity contribution is -0.384. The number of amides is 1. The number of nitro groups is 1. The monoisotopic (exact) mass is 344 g/mol. The number of aromatic amines is 1. The van der Waals surface area contributed by atoms with Crippen LogP contribution < -0.4 is 11.3 Å². The summed E-state index contributed by atoms with van der Waals surface area (Å²) in [5, 5.41) is 11.4. The Bertz CT molecular complexity index is 918. The first-order chi connectivity index (χ1) is 11.7. The largest absolute Gasteiger partial charge is 0.338 e. The zero-order valence-electron chi connectivity index (χ0n) is 14.1. The molecule has 1 amide bonds. The summed E-state index contributed by atoms with van der Waals surface area (Å²) in [4.78, 5) is 39.7. The van der Waals surface area contributed by atoms with Gasteiger partial charge in [0.2, 0.25) is 5.56 Å². The van der Waals surface area contributed by atoms with E-state index in [4.69, 9.17) is 5.73 Å². The molecule has 0 saturated carbocycles. The Hall–Kier alpha value is -2.74. The molecule has 1 aliphatic heterocycles. The van der Waals surface area contributed by atoms with E-state index < -0.39 is 10.5 Å². The van der Waals surface area contributed by atoms with Gasteiger partial charge in [0.15, 0.2) is 0 Å². The molecule has 2 heterocycles. The topological polar surface area (TPSA) is 122 Å². The normalized spacial score (nSPS) is 19.8. The van der Waals surface area contributed by atoms with Crippen molar-refractivity contribution in [2.75, 3.05) is 13.1 Å². The van der Waals surface area contributed by atoms with Gasteiger partial charge in [0, 0.05) is 48.2 Å². The molecule has 1 aliphatic rings. The quantitative estimate of drug-likeness (QED) is 0.633. The van der Waals surface area contributed by atoms with Crippen molar-refractivity contribution in [3.63, 3.8) is 0 Å². The molecule has 0 spiro atoms. The van der Waals surface area contributed by atoms with Crippen molar-refractivity contribution < 1.29 is 9.72 Å². The molecule has 3 N–H and O–H groups in total. The van der Waals surface area contributed by atoms with Crippen LogP contribution in [0.3, 0.4) is 0 Å². The molecule has 132 valence electrons. The standard InChI is InChI=1S/C17H20N4O4/c1-17(2)9-20(6-5-14(17)18)16(23)12-8-15(22)19-13-4-3-10(21(24)25)7-11(12)13/h3-4,7-8,14H,5-6,9,18H2,1-2H3,(H,19,22). The first-order valence-corrected chi connectivity index (χ1v) is 8.05. The number of benzene rings is 1. The number of nitrogens with one attached hydrogen (secondary N) is 1. The number of nitrogens with two attached hydrogens (primary N) is 1. The summed E-state index contributed by atoms with van der Waals surface area (Å²) in [6.07, 6.45) is 0.667. The van der Waals surface area contributed by atoms with Crippen molar-refractivity contribution in [1.29, 1.82) is 0 Å². The minimum Gasteiger partial charge on any atom is -0.338 e. The van der Waals surface area contributed by atoms with Crippen molar-refractivity contribution >= 4 is 22.5 Å². The second kappa shape index (κ2) is 5.96. The first kappa shape index (κ1) is 17.1. The highest BCUT2D eigenvalue weighted by molar-refractivity contribution is 6.06. The van der Waals surface area contributed by atoms with Crippen LogP contribution in [0.2, 0.25) is 0 Å². The summed E-state index contributed by atoms with van der Waals surface area (Å²) in [7, 11) is 0. The number of piperidine rings is 1. The van der Waals surface area contributed by atoms with Crippen molar-refractivity contribution in [3.05, 3.63) is 50.3 Å². The van der Waals surface area contributed by atoms with Crippen LogP contribution >= 0.6 is 0 Å². The number of hydrogen-bond donors (Lipinski definition) is 2. The number of nitrogens with zero attached hydrogens (tertiary/aromatic N) is 2. The Morgan fingerprint density at radius 2 is 2.12 bits per heavy atom. The molecule has 0 bridgehead atoms. The van der Waals surface area contributed by atoms with Crippen LogP contribution in [0.1, 0.15) is 30.6 Å². The Morgan fingerprint density at radius 3 is 2.76 bits per heavy atom. The molecule has 8 heteroatoms. The number of nitro benzene ring substituents is 1. The number of hydrogen-bond acceptors (Lipinski definition) is 5. The fourth-order valence-electron chi connectivity index (χ4n) is 3.25. The van der Waals surface area contributed by atoms with Crippen molar-refractivity contribution in [3.8, 4) is 0 Å². The smallest absolute Gasteiger partial charge is 0.270 e. The van der Waals surface area contributed by atoms with E-state index in [1.165, 1.54) is 24.3 Å². The molecular weight excluding hydrogens is 324 g/mol. The lowest BCUT2D eigenvalue weighted by atomic mass is 9.79. The molecule has 1 fully saturated rings. The Kier molecular flexibility index (Phi) is 4.08. The lowest BCUT2D eigenvalue weighted by Gasteiger charge is -2.42. The van der Waals surface area contributed by atoms with Crippen molar-refractivity contribution in [2.45, 2.75) is 26.3 Å². The number of non-ortho nitro benzene ring substituents is 1. The van der Waals surface area contributed by atoms with Crippen LogP contribution in [-0.4, -0.2) is 39.8 Å². The van der Waals surface area contributed by atoms with Crippen LogP contribution in [0.5, 0.6) is 0 Å². The second-order valence-electron chi connectivity index (χ2n) is 7.14. The molecule has 0 aliphatic carbocycles. The highest BCUT2D eigenvalue weighted by Gasteiger charge is 2.36. The van der Waals surface area contributed by atoms with Crippen LogP contribution in [0.4, 0.5) is 5.69 Å². The number of H-pyrrole nitrogens is 1. The van der Waals surface area contributed by atoms with E-state index in [0.29, 0.717) is 30.4 Å². The number of carbonyl (C=O) groups excluding carboxylic acids is 1. The summed E-state index contributed by atoms with van der Waals surface area (Å²) < 4.78 is 0. The van der Waals surface area contributed by atoms with Gasteiger partial charge < -0.3 is 15.6 Å². The van der Waals surface area contributed by atoms with Gasteiger partial charge in [-0.25, -0.2) is 0 Å². The summed E-state index contributed by atoms with van der Waals surface area (Å²) in [6.45, 7) is 4.96. The Morgan fingerprint density at radius 1 is 1.40 bits per heavy atom. The van der Waals surface area contributed by atoms with Gasteiger partial charge in [-0.05, 0) is 17.9 Å². The molecule has 25 heavy (non-hydrogen) atoms. The fourth-order valence-corrected chi connectivity index (χ4v) is 3.25. The molecule has 8 nitrogen and oxygen atoms in total. The maximum atomic E-state index is 13.0. The third-order valence-electron chi connectivity index (χ3n) is 4.87. The lowest BCUT2D eigenvalue weighted by Crippen LogP contribution is -2.54. The molecule has 1 aromatic carbocycles. The summed E-state index contributed by atoms with van der Waals surface area (Å²) in [5.41, 5.74) is 5.90. The third-order valence-corrected chi connectivity index (χ3v) is 4.87. The molecule has 1 saturated heterocycles. The zero-order valence-corrected chi connectivity index (χ0v) is 14.1. The van der Waals surface area contributed by atoms with Gasteiger partial charge in [-0.15, -0.1) is 0 Å².